The van der Waals surface area contributed by atoms with Crippen molar-refractivity contribution in [3.63, 3.8) is 0 Å². The van der Waals surface area contributed by atoms with Crippen LogP contribution in [0.25, 0.3) is 0 Å². The van der Waals surface area contributed by atoms with Crippen LogP contribution in [0.4, 0.5) is 0 Å². The summed E-state index contributed by atoms with van der Waals surface area (Å²) in [6.45, 7) is 7.99. The van der Waals surface area contributed by atoms with Crippen LogP contribution in [0.1, 0.15) is 48.6 Å². The molecule has 6 heteroatoms. The molecule has 0 saturated heterocycles. The van der Waals surface area contributed by atoms with Gasteiger partial charge >= 0.3 is 0 Å². The lowest BCUT2D eigenvalue weighted by molar-refractivity contribution is 0.164. The maximum atomic E-state index is 10.5. The third kappa shape index (κ3) is 2.60. The Bertz CT molecular complexity index is 615. The Morgan fingerprint density at radius 1 is 1.35 bits per heavy atom. The molecule has 2 heterocycles. The minimum absolute atomic E-state index is 0.156. The van der Waals surface area contributed by atoms with Crippen molar-refractivity contribution >= 4 is 11.6 Å². The summed E-state index contributed by atoms with van der Waals surface area (Å²) < 4.78 is 3.60. The molecule has 0 bridgehead atoms. The molecule has 0 radical (unpaired) electrons. The summed E-state index contributed by atoms with van der Waals surface area (Å²) in [5.74, 6) is 0. The summed E-state index contributed by atoms with van der Waals surface area (Å²) in [6.07, 6.45) is 1.39. The van der Waals surface area contributed by atoms with E-state index < -0.39 is 6.10 Å². The van der Waals surface area contributed by atoms with Gasteiger partial charge in [-0.1, -0.05) is 11.6 Å². The Morgan fingerprint density at radius 2 is 2.00 bits per heavy atom. The highest BCUT2D eigenvalue weighted by Gasteiger charge is 2.22. The van der Waals surface area contributed by atoms with Crippen molar-refractivity contribution in [2.24, 2.45) is 7.05 Å². The molecule has 2 aromatic rings. The summed E-state index contributed by atoms with van der Waals surface area (Å²) in [6, 6.07) is 0.156. The highest BCUT2D eigenvalue weighted by molar-refractivity contribution is 6.31. The maximum absolute atomic E-state index is 10.5. The third-order valence-corrected chi connectivity index (χ3v) is 3.94. The topological polar surface area (TPSA) is 55.9 Å². The molecule has 0 aliphatic heterocycles. The van der Waals surface area contributed by atoms with E-state index in [4.69, 9.17) is 11.6 Å². The van der Waals surface area contributed by atoms with E-state index in [1.54, 1.807) is 10.9 Å². The number of aryl methyl sites for hydroxylation is 2. The molecule has 2 aromatic heterocycles. The fourth-order valence-corrected chi connectivity index (χ4v) is 2.73. The second-order valence-electron chi connectivity index (χ2n) is 5.41. The number of aliphatic hydroxyl groups excluding tert-OH is 1. The summed E-state index contributed by atoms with van der Waals surface area (Å²) in [5, 5.41) is 19.7. The molecule has 0 aromatic carbocycles. The summed E-state index contributed by atoms with van der Waals surface area (Å²) in [4.78, 5) is 0. The molecule has 5 nitrogen and oxygen atoms in total. The van der Waals surface area contributed by atoms with Crippen molar-refractivity contribution in [3.8, 4) is 0 Å². The molecule has 0 saturated carbocycles. The molecule has 1 unspecified atom stereocenters. The van der Waals surface area contributed by atoms with Gasteiger partial charge in [0.1, 0.15) is 6.10 Å². The second kappa shape index (κ2) is 5.58. The van der Waals surface area contributed by atoms with Crippen molar-refractivity contribution in [2.45, 2.75) is 46.3 Å². The minimum atomic E-state index is -0.686. The van der Waals surface area contributed by atoms with Crippen LogP contribution in [-0.4, -0.2) is 24.7 Å². The molecule has 0 aliphatic carbocycles. The molecule has 110 valence electrons. The predicted octanol–water partition coefficient (Wildman–Crippen LogP) is 2.74. The lowest BCUT2D eigenvalue weighted by Gasteiger charge is -2.16. The number of aromatic nitrogens is 4. The number of nitrogens with zero attached hydrogens (tertiary/aromatic N) is 4. The van der Waals surface area contributed by atoms with Gasteiger partial charge in [-0.15, -0.1) is 0 Å². The number of hydrogen-bond donors (Lipinski definition) is 1. The average Bonchev–Trinajstić information content (AvgIpc) is 2.85. The highest BCUT2D eigenvalue weighted by Crippen LogP contribution is 2.29. The molecular formula is C14H21ClN4O. The number of halogens is 1. The Morgan fingerprint density at radius 3 is 2.50 bits per heavy atom. The van der Waals surface area contributed by atoms with Crippen LogP contribution in [0, 0.1) is 13.8 Å². The summed E-state index contributed by atoms with van der Waals surface area (Å²) >= 11 is 6.17. The molecule has 1 atom stereocenters. The quantitative estimate of drug-likeness (QED) is 0.944. The summed E-state index contributed by atoms with van der Waals surface area (Å²) in [7, 11) is 1.91. The lowest BCUT2D eigenvalue weighted by Crippen LogP contribution is -2.14. The number of rotatable bonds is 4. The standard InChI is InChI=1S/C14H21ClN4O/c1-8(2)19-14(12(15)7-16-19)13(20)6-11-9(3)17-18(5)10(11)4/h7-8,13,20H,6H2,1-5H3. The van der Waals surface area contributed by atoms with Crippen LogP contribution in [0.15, 0.2) is 6.20 Å². The first-order valence-corrected chi connectivity index (χ1v) is 7.10. The first kappa shape index (κ1) is 15.1. The van der Waals surface area contributed by atoms with Gasteiger partial charge in [-0.05, 0) is 33.3 Å². The Kier molecular flexibility index (Phi) is 4.20. The zero-order valence-electron chi connectivity index (χ0n) is 12.6. The van der Waals surface area contributed by atoms with Gasteiger partial charge in [0.05, 0.1) is 22.6 Å². The number of aliphatic hydroxyl groups is 1. The lowest BCUT2D eigenvalue weighted by atomic mass is 10.0. The molecule has 2 rings (SSSR count). The van der Waals surface area contributed by atoms with Crippen LogP contribution >= 0.6 is 11.6 Å². The van der Waals surface area contributed by atoms with E-state index in [0.717, 1.165) is 17.0 Å². The van der Waals surface area contributed by atoms with Crippen LogP contribution in [-0.2, 0) is 13.5 Å². The van der Waals surface area contributed by atoms with E-state index in [1.165, 1.54) is 0 Å². The van der Waals surface area contributed by atoms with Gasteiger partial charge in [0.15, 0.2) is 0 Å². The van der Waals surface area contributed by atoms with Gasteiger partial charge in [-0.2, -0.15) is 10.2 Å². The average molecular weight is 297 g/mol. The SMILES string of the molecule is Cc1nn(C)c(C)c1CC(O)c1c(Cl)cnn1C(C)C. The largest absolute Gasteiger partial charge is 0.386 e. The van der Waals surface area contributed by atoms with Gasteiger partial charge in [0.2, 0.25) is 0 Å². The van der Waals surface area contributed by atoms with E-state index in [-0.39, 0.29) is 6.04 Å². The molecule has 1 N–H and O–H groups in total. The first-order chi connectivity index (χ1) is 9.32. The van der Waals surface area contributed by atoms with Gasteiger partial charge in [0.25, 0.3) is 0 Å². The molecule has 20 heavy (non-hydrogen) atoms. The highest BCUT2D eigenvalue weighted by atomic mass is 35.5. The second-order valence-corrected chi connectivity index (χ2v) is 5.82. The maximum Gasteiger partial charge on any atom is 0.101 e. The molecule has 0 spiro atoms. The molecular weight excluding hydrogens is 276 g/mol. The smallest absolute Gasteiger partial charge is 0.101 e. The number of hydrogen-bond acceptors (Lipinski definition) is 3. The van der Waals surface area contributed by atoms with Gasteiger partial charge in [-0.3, -0.25) is 9.36 Å². The third-order valence-electron chi connectivity index (χ3n) is 3.65. The fraction of sp³-hybridized carbons (Fsp3) is 0.571. The van der Waals surface area contributed by atoms with E-state index >= 15 is 0 Å². The zero-order valence-corrected chi connectivity index (χ0v) is 13.3. The predicted molar refractivity (Wildman–Crippen MR) is 79.0 cm³/mol. The van der Waals surface area contributed by atoms with Crippen LogP contribution in [0.5, 0.6) is 0 Å². The van der Waals surface area contributed by atoms with Crippen molar-refractivity contribution in [3.05, 3.63) is 33.9 Å². The van der Waals surface area contributed by atoms with Gasteiger partial charge < -0.3 is 5.11 Å². The van der Waals surface area contributed by atoms with Gasteiger partial charge in [-0.25, -0.2) is 0 Å². The van der Waals surface area contributed by atoms with Crippen LogP contribution < -0.4 is 0 Å². The van der Waals surface area contributed by atoms with Crippen LogP contribution in [0.2, 0.25) is 5.02 Å². The van der Waals surface area contributed by atoms with E-state index in [1.807, 2.05) is 39.4 Å². The molecule has 0 aliphatic rings. The minimum Gasteiger partial charge on any atom is -0.386 e. The van der Waals surface area contributed by atoms with Crippen molar-refractivity contribution in [2.75, 3.05) is 0 Å². The monoisotopic (exact) mass is 296 g/mol. The van der Waals surface area contributed by atoms with Crippen molar-refractivity contribution in [1.82, 2.24) is 19.6 Å². The van der Waals surface area contributed by atoms with E-state index in [9.17, 15) is 5.11 Å². The van der Waals surface area contributed by atoms with Crippen molar-refractivity contribution < 1.29 is 5.11 Å². The Labute approximate surface area is 124 Å². The van der Waals surface area contributed by atoms with E-state index in [0.29, 0.717) is 17.1 Å². The Hall–Kier alpha value is -1.33. The van der Waals surface area contributed by atoms with Crippen molar-refractivity contribution in [1.29, 1.82) is 0 Å². The fourth-order valence-electron chi connectivity index (χ4n) is 2.48. The Balaban J connectivity index is 2.33. The van der Waals surface area contributed by atoms with Gasteiger partial charge in [0, 0.05) is 25.2 Å². The zero-order chi connectivity index (χ0) is 15.0. The first-order valence-electron chi connectivity index (χ1n) is 6.73. The van der Waals surface area contributed by atoms with E-state index in [2.05, 4.69) is 10.2 Å². The normalized spacial score (nSPS) is 13.2. The van der Waals surface area contributed by atoms with Crippen LogP contribution in [0.3, 0.4) is 0 Å². The summed E-state index contributed by atoms with van der Waals surface area (Å²) in [5.41, 5.74) is 3.74. The molecule has 0 amide bonds. The molecule has 0 fully saturated rings.